The second-order valence-corrected chi connectivity index (χ2v) is 8.59. The molecule has 2 aromatic heterocycles. The molecule has 1 amide bonds. The number of aryl methyl sites for hydroxylation is 4. The first-order valence-electron chi connectivity index (χ1n) is 8.22. The van der Waals surface area contributed by atoms with E-state index in [1.807, 2.05) is 43.4 Å². The monoisotopic (exact) mass is 382 g/mol. The van der Waals surface area contributed by atoms with Gasteiger partial charge >= 0.3 is 0 Å². The number of carbonyl (C=O) groups is 1. The SMILES string of the molecule is Cc1ccc(C)c(N=C2NC(=O)/C(=C\c3c(C)nc4sc(C)cn34)S2)c1. The van der Waals surface area contributed by atoms with Gasteiger partial charge in [0.15, 0.2) is 10.1 Å². The summed E-state index contributed by atoms with van der Waals surface area (Å²) < 4.78 is 2.04. The third-order valence-electron chi connectivity index (χ3n) is 4.17. The fraction of sp³-hybridized carbons (Fsp3) is 0.211. The Kier molecular flexibility index (Phi) is 4.20. The van der Waals surface area contributed by atoms with Crippen molar-refractivity contribution >= 4 is 50.9 Å². The Labute approximate surface area is 159 Å². The number of thioether (sulfide) groups is 1. The number of amidine groups is 1. The summed E-state index contributed by atoms with van der Waals surface area (Å²) in [6.45, 7) is 8.06. The van der Waals surface area contributed by atoms with Crippen LogP contribution in [0.3, 0.4) is 0 Å². The van der Waals surface area contributed by atoms with Gasteiger partial charge in [-0.1, -0.05) is 12.1 Å². The molecule has 1 aromatic carbocycles. The van der Waals surface area contributed by atoms with Crippen LogP contribution in [-0.2, 0) is 4.79 Å². The van der Waals surface area contributed by atoms with Crippen LogP contribution in [0.1, 0.15) is 27.4 Å². The molecular weight excluding hydrogens is 364 g/mol. The van der Waals surface area contributed by atoms with Crippen LogP contribution in [0, 0.1) is 27.7 Å². The summed E-state index contributed by atoms with van der Waals surface area (Å²) in [6.07, 6.45) is 3.95. The molecule has 4 rings (SSSR count). The van der Waals surface area contributed by atoms with Crippen LogP contribution in [-0.4, -0.2) is 20.5 Å². The van der Waals surface area contributed by atoms with Gasteiger partial charge in [0, 0.05) is 11.1 Å². The largest absolute Gasteiger partial charge is 0.300 e. The van der Waals surface area contributed by atoms with Crippen molar-refractivity contribution in [2.75, 3.05) is 0 Å². The second kappa shape index (κ2) is 6.41. The highest BCUT2D eigenvalue weighted by Crippen LogP contribution is 2.31. The number of nitrogens with one attached hydrogen (secondary N) is 1. The van der Waals surface area contributed by atoms with Gasteiger partial charge in [-0.2, -0.15) is 0 Å². The highest BCUT2D eigenvalue weighted by atomic mass is 32.2. The van der Waals surface area contributed by atoms with E-state index >= 15 is 0 Å². The zero-order valence-corrected chi connectivity index (χ0v) is 16.6. The lowest BCUT2D eigenvalue weighted by molar-refractivity contribution is -0.115. The van der Waals surface area contributed by atoms with Gasteiger partial charge in [-0.3, -0.25) is 9.20 Å². The van der Waals surface area contributed by atoms with Gasteiger partial charge in [-0.25, -0.2) is 9.98 Å². The molecule has 1 fully saturated rings. The number of nitrogens with zero attached hydrogens (tertiary/aromatic N) is 3. The van der Waals surface area contributed by atoms with Crippen molar-refractivity contribution in [3.63, 3.8) is 0 Å². The summed E-state index contributed by atoms with van der Waals surface area (Å²) in [5.74, 6) is -0.125. The zero-order valence-electron chi connectivity index (χ0n) is 15.0. The molecule has 1 aliphatic rings. The Morgan fingerprint density at radius 1 is 1.23 bits per heavy atom. The lowest BCUT2D eigenvalue weighted by Crippen LogP contribution is -2.19. The molecule has 0 atom stereocenters. The first kappa shape index (κ1) is 17.1. The van der Waals surface area contributed by atoms with Crippen LogP contribution in [0.25, 0.3) is 11.0 Å². The summed E-state index contributed by atoms with van der Waals surface area (Å²) in [7, 11) is 0. The maximum Gasteiger partial charge on any atom is 0.264 e. The third-order valence-corrected chi connectivity index (χ3v) is 5.98. The van der Waals surface area contributed by atoms with E-state index in [1.165, 1.54) is 16.6 Å². The highest BCUT2D eigenvalue weighted by Gasteiger charge is 2.25. The molecule has 1 N–H and O–H groups in total. The molecule has 5 nitrogen and oxygen atoms in total. The van der Waals surface area contributed by atoms with Crippen molar-refractivity contribution in [3.8, 4) is 0 Å². The number of rotatable bonds is 2. The Bertz CT molecular complexity index is 1100. The Morgan fingerprint density at radius 2 is 2.04 bits per heavy atom. The molecule has 132 valence electrons. The van der Waals surface area contributed by atoms with Crippen LogP contribution in [0.2, 0.25) is 0 Å². The van der Waals surface area contributed by atoms with E-state index in [9.17, 15) is 4.79 Å². The predicted molar refractivity (Wildman–Crippen MR) is 109 cm³/mol. The second-order valence-electron chi connectivity index (χ2n) is 6.35. The molecule has 0 saturated carbocycles. The van der Waals surface area contributed by atoms with Crippen molar-refractivity contribution in [2.24, 2.45) is 4.99 Å². The van der Waals surface area contributed by atoms with Crippen molar-refractivity contribution in [1.29, 1.82) is 0 Å². The first-order chi connectivity index (χ1) is 12.4. The molecule has 26 heavy (non-hydrogen) atoms. The molecule has 0 bridgehead atoms. The molecule has 3 heterocycles. The van der Waals surface area contributed by atoms with Gasteiger partial charge < -0.3 is 5.32 Å². The van der Waals surface area contributed by atoms with Crippen LogP contribution in [0.4, 0.5) is 5.69 Å². The number of hydrogen-bond acceptors (Lipinski definition) is 5. The van der Waals surface area contributed by atoms with Crippen molar-refractivity contribution in [2.45, 2.75) is 27.7 Å². The lowest BCUT2D eigenvalue weighted by Gasteiger charge is -2.02. The van der Waals surface area contributed by atoms with Crippen molar-refractivity contribution < 1.29 is 4.79 Å². The Morgan fingerprint density at radius 3 is 2.85 bits per heavy atom. The number of amides is 1. The fourth-order valence-corrected chi connectivity index (χ4v) is 4.50. The topological polar surface area (TPSA) is 58.8 Å². The fourth-order valence-electron chi connectivity index (χ4n) is 2.81. The predicted octanol–water partition coefficient (Wildman–Crippen LogP) is 4.52. The maximum absolute atomic E-state index is 12.4. The van der Waals surface area contributed by atoms with Crippen molar-refractivity contribution in [1.82, 2.24) is 14.7 Å². The normalized spacial score (nSPS) is 17.6. The van der Waals surface area contributed by atoms with E-state index in [-0.39, 0.29) is 5.91 Å². The van der Waals surface area contributed by atoms with E-state index < -0.39 is 0 Å². The van der Waals surface area contributed by atoms with Gasteiger partial charge in [-0.05, 0) is 62.7 Å². The average molecular weight is 383 g/mol. The molecule has 0 radical (unpaired) electrons. The first-order valence-corrected chi connectivity index (χ1v) is 9.86. The molecule has 0 aliphatic carbocycles. The van der Waals surface area contributed by atoms with E-state index in [0.717, 1.165) is 33.2 Å². The summed E-state index contributed by atoms with van der Waals surface area (Å²) >= 11 is 3.01. The van der Waals surface area contributed by atoms with Gasteiger partial charge in [0.1, 0.15) is 0 Å². The van der Waals surface area contributed by atoms with E-state index in [2.05, 4.69) is 34.5 Å². The Hall–Kier alpha value is -2.38. The van der Waals surface area contributed by atoms with Crippen molar-refractivity contribution in [3.05, 3.63) is 56.7 Å². The number of imidazole rings is 1. The van der Waals surface area contributed by atoms with E-state index in [1.54, 1.807) is 11.3 Å². The van der Waals surface area contributed by atoms with Gasteiger partial charge in [-0.15, -0.1) is 11.3 Å². The molecule has 1 aliphatic heterocycles. The summed E-state index contributed by atoms with van der Waals surface area (Å²) in [4.78, 5) is 24.4. The quantitative estimate of drug-likeness (QED) is 0.663. The number of benzene rings is 1. The summed E-state index contributed by atoms with van der Waals surface area (Å²) in [5, 5.41) is 3.47. The number of fused-ring (bicyclic) bond motifs is 1. The standard InChI is InChI=1S/C19H18N4OS2/c1-10-5-6-11(2)14(7-10)21-18-22-17(24)16(26-18)8-15-13(4)20-19-23(15)9-12(3)25-19/h5-9H,1-4H3,(H,21,22,24)/b16-8+. The highest BCUT2D eigenvalue weighted by molar-refractivity contribution is 8.18. The van der Waals surface area contributed by atoms with Crippen LogP contribution in [0.15, 0.2) is 34.3 Å². The van der Waals surface area contributed by atoms with Crippen LogP contribution >= 0.6 is 23.1 Å². The summed E-state index contributed by atoms with van der Waals surface area (Å²) in [5.41, 5.74) is 4.96. The molecule has 3 aromatic rings. The third kappa shape index (κ3) is 3.08. The number of aliphatic imine (C=N–C) groups is 1. The van der Waals surface area contributed by atoms with Crippen LogP contribution < -0.4 is 5.32 Å². The number of carbonyl (C=O) groups excluding carboxylic acids is 1. The van der Waals surface area contributed by atoms with Gasteiger partial charge in [0.25, 0.3) is 5.91 Å². The smallest absolute Gasteiger partial charge is 0.264 e. The summed E-state index contributed by atoms with van der Waals surface area (Å²) in [6, 6.07) is 6.12. The maximum atomic E-state index is 12.4. The van der Waals surface area contributed by atoms with E-state index in [4.69, 9.17) is 0 Å². The zero-order chi connectivity index (χ0) is 18.4. The minimum absolute atomic E-state index is 0.125. The lowest BCUT2D eigenvalue weighted by atomic mass is 10.1. The molecule has 1 saturated heterocycles. The minimum atomic E-state index is -0.125. The minimum Gasteiger partial charge on any atom is -0.300 e. The van der Waals surface area contributed by atoms with Gasteiger partial charge in [0.05, 0.1) is 22.0 Å². The number of hydrogen-bond donors (Lipinski definition) is 1. The molecule has 0 unspecified atom stereocenters. The van der Waals surface area contributed by atoms with E-state index in [0.29, 0.717) is 10.1 Å². The molecular formula is C19H18N4OS2. The number of thiazole rings is 1. The molecule has 0 spiro atoms. The van der Waals surface area contributed by atoms with Gasteiger partial charge in [0.2, 0.25) is 0 Å². The van der Waals surface area contributed by atoms with Crippen LogP contribution in [0.5, 0.6) is 0 Å². The Balaban J connectivity index is 1.69. The molecule has 7 heteroatoms. The number of aromatic nitrogens is 2. The average Bonchev–Trinajstić information content (AvgIpc) is 3.18.